The van der Waals surface area contributed by atoms with Crippen LogP contribution in [0.1, 0.15) is 10.4 Å². The lowest BCUT2D eigenvalue weighted by Crippen LogP contribution is -2.38. The van der Waals surface area contributed by atoms with Crippen LogP contribution in [0.25, 0.3) is 0 Å². The third-order valence-corrected chi connectivity index (χ3v) is 3.69. The summed E-state index contributed by atoms with van der Waals surface area (Å²) in [6.45, 7) is 1.24. The van der Waals surface area contributed by atoms with E-state index in [0.29, 0.717) is 30.3 Å². The van der Waals surface area contributed by atoms with Crippen molar-refractivity contribution in [1.82, 2.24) is 0 Å². The van der Waals surface area contributed by atoms with Crippen LogP contribution in [0.4, 0.5) is 17.1 Å². The molecule has 2 aromatic carbocycles. The molecule has 0 saturated heterocycles. The Morgan fingerprint density at radius 1 is 1.21 bits per heavy atom. The van der Waals surface area contributed by atoms with E-state index in [2.05, 4.69) is 5.32 Å². The summed E-state index contributed by atoms with van der Waals surface area (Å²) in [4.78, 5) is 25.0. The maximum Gasteiger partial charge on any atom is 0.335 e. The van der Waals surface area contributed by atoms with Crippen LogP contribution in [0, 0.1) is 0 Å². The number of carboxylic acids is 1. The highest BCUT2D eigenvalue weighted by atomic mass is 16.5. The van der Waals surface area contributed by atoms with Crippen molar-refractivity contribution in [3.8, 4) is 5.75 Å². The second-order valence-electron chi connectivity index (χ2n) is 5.43. The molecule has 0 aromatic heterocycles. The number of benzene rings is 2. The van der Waals surface area contributed by atoms with Crippen LogP contribution < -0.4 is 20.7 Å². The molecule has 1 aliphatic heterocycles. The molecule has 1 heterocycles. The van der Waals surface area contributed by atoms with Gasteiger partial charge in [0, 0.05) is 11.4 Å². The number of carbonyl (C=O) groups is 2. The molecule has 1 aliphatic rings. The first-order chi connectivity index (χ1) is 11.5. The highest BCUT2D eigenvalue weighted by molar-refractivity contribution is 5.95. The first-order valence-corrected chi connectivity index (χ1v) is 7.43. The number of hydrogen-bond acceptors (Lipinski definition) is 5. The minimum atomic E-state index is -1.00. The monoisotopic (exact) mass is 327 g/mol. The predicted molar refractivity (Wildman–Crippen MR) is 90.6 cm³/mol. The van der Waals surface area contributed by atoms with Crippen molar-refractivity contribution in [2.45, 2.75) is 0 Å². The fourth-order valence-corrected chi connectivity index (χ4v) is 2.52. The average molecular weight is 327 g/mol. The minimum Gasteiger partial charge on any atom is -0.490 e. The first kappa shape index (κ1) is 15.7. The molecule has 0 saturated carbocycles. The molecule has 0 radical (unpaired) electrons. The molecule has 7 heteroatoms. The number of hydrogen-bond donors (Lipinski definition) is 3. The van der Waals surface area contributed by atoms with E-state index < -0.39 is 5.97 Å². The lowest BCUT2D eigenvalue weighted by molar-refractivity contribution is -0.115. The van der Waals surface area contributed by atoms with Crippen molar-refractivity contribution in [2.24, 2.45) is 0 Å². The van der Waals surface area contributed by atoms with E-state index in [0.717, 1.165) is 5.69 Å². The normalized spacial score (nSPS) is 12.9. The molecule has 3 rings (SSSR count). The minimum absolute atomic E-state index is 0.153. The summed E-state index contributed by atoms with van der Waals surface area (Å²) in [7, 11) is 0. The number of carbonyl (C=O) groups excluding carboxylic acids is 1. The molecule has 124 valence electrons. The van der Waals surface area contributed by atoms with Gasteiger partial charge in [-0.15, -0.1) is 0 Å². The Bertz CT molecular complexity index is 774. The van der Waals surface area contributed by atoms with Gasteiger partial charge in [-0.25, -0.2) is 4.79 Å². The molecule has 0 spiro atoms. The number of aromatic carboxylic acids is 1. The van der Waals surface area contributed by atoms with Crippen molar-refractivity contribution in [3.63, 3.8) is 0 Å². The maximum atomic E-state index is 12.3. The number of anilines is 3. The van der Waals surface area contributed by atoms with Gasteiger partial charge in [0.15, 0.2) is 0 Å². The van der Waals surface area contributed by atoms with Crippen molar-refractivity contribution in [1.29, 1.82) is 0 Å². The zero-order chi connectivity index (χ0) is 17.1. The van der Waals surface area contributed by atoms with Gasteiger partial charge in [-0.3, -0.25) is 4.79 Å². The predicted octanol–water partition coefficient (Wildman–Crippen LogP) is 1.80. The van der Waals surface area contributed by atoms with E-state index in [1.165, 1.54) is 12.1 Å². The Morgan fingerprint density at radius 2 is 1.96 bits per heavy atom. The van der Waals surface area contributed by atoms with Gasteiger partial charge >= 0.3 is 5.97 Å². The molecule has 0 aliphatic carbocycles. The summed E-state index contributed by atoms with van der Waals surface area (Å²) in [5, 5.41) is 11.6. The van der Waals surface area contributed by atoms with Crippen molar-refractivity contribution < 1.29 is 19.4 Å². The number of carboxylic acid groups (broad SMARTS) is 1. The first-order valence-electron chi connectivity index (χ1n) is 7.43. The van der Waals surface area contributed by atoms with Crippen LogP contribution in [-0.4, -0.2) is 36.7 Å². The Balaban J connectivity index is 1.67. The summed E-state index contributed by atoms with van der Waals surface area (Å²) in [5.74, 6) is -0.502. The van der Waals surface area contributed by atoms with E-state index in [1.54, 1.807) is 30.3 Å². The van der Waals surface area contributed by atoms with Gasteiger partial charge in [-0.05, 0) is 42.5 Å². The van der Waals surface area contributed by atoms with E-state index in [4.69, 9.17) is 15.6 Å². The largest absolute Gasteiger partial charge is 0.490 e. The molecule has 0 unspecified atom stereocenters. The van der Waals surface area contributed by atoms with Gasteiger partial charge in [0.05, 0.1) is 24.3 Å². The molecule has 7 nitrogen and oxygen atoms in total. The Hall–Kier alpha value is -3.22. The maximum absolute atomic E-state index is 12.3. The number of rotatable bonds is 4. The van der Waals surface area contributed by atoms with Gasteiger partial charge in [0.1, 0.15) is 12.4 Å². The van der Waals surface area contributed by atoms with Gasteiger partial charge in [-0.1, -0.05) is 0 Å². The lowest BCUT2D eigenvalue weighted by atomic mass is 10.2. The van der Waals surface area contributed by atoms with Crippen LogP contribution in [0.2, 0.25) is 0 Å². The van der Waals surface area contributed by atoms with Crippen molar-refractivity contribution in [2.75, 3.05) is 35.6 Å². The molecule has 0 bridgehead atoms. The molecule has 2 aromatic rings. The number of ether oxygens (including phenoxy) is 1. The van der Waals surface area contributed by atoms with Crippen LogP contribution in [0.15, 0.2) is 42.5 Å². The van der Waals surface area contributed by atoms with Crippen molar-refractivity contribution >= 4 is 28.9 Å². The van der Waals surface area contributed by atoms with Gasteiger partial charge in [0.25, 0.3) is 0 Å². The number of amides is 1. The van der Waals surface area contributed by atoms with Gasteiger partial charge < -0.3 is 25.8 Å². The van der Waals surface area contributed by atoms with E-state index in [9.17, 15) is 9.59 Å². The second-order valence-corrected chi connectivity index (χ2v) is 5.43. The molecular formula is C17H17N3O4. The highest BCUT2D eigenvalue weighted by Gasteiger charge is 2.20. The number of nitrogens with zero attached hydrogens (tertiary/aromatic N) is 1. The standard InChI is InChI=1S/C17H17N3O4/c18-12-3-6-15-14(9-12)20(7-8-24-15)10-16(21)19-13-4-1-11(2-5-13)17(22)23/h1-6,9H,7-8,10,18H2,(H,19,21)(H,22,23). The molecular weight excluding hydrogens is 310 g/mol. The number of nitrogens with two attached hydrogens (primary N) is 1. The van der Waals surface area contributed by atoms with Crippen LogP contribution in [0.5, 0.6) is 5.75 Å². The summed E-state index contributed by atoms with van der Waals surface area (Å²) in [6.07, 6.45) is 0. The molecule has 24 heavy (non-hydrogen) atoms. The summed E-state index contributed by atoms with van der Waals surface area (Å²) in [6, 6.07) is 11.3. The van der Waals surface area contributed by atoms with Gasteiger partial charge in [0.2, 0.25) is 5.91 Å². The third kappa shape index (κ3) is 3.40. The smallest absolute Gasteiger partial charge is 0.335 e. The van der Waals surface area contributed by atoms with E-state index >= 15 is 0 Å². The molecule has 1 amide bonds. The third-order valence-electron chi connectivity index (χ3n) is 3.69. The lowest BCUT2D eigenvalue weighted by Gasteiger charge is -2.30. The Labute approximate surface area is 138 Å². The van der Waals surface area contributed by atoms with Crippen molar-refractivity contribution in [3.05, 3.63) is 48.0 Å². The number of fused-ring (bicyclic) bond motifs is 1. The van der Waals surface area contributed by atoms with E-state index in [-0.39, 0.29) is 18.0 Å². The Morgan fingerprint density at radius 3 is 2.67 bits per heavy atom. The Kier molecular flexibility index (Phi) is 4.24. The zero-order valence-electron chi connectivity index (χ0n) is 12.9. The highest BCUT2D eigenvalue weighted by Crippen LogP contribution is 2.33. The summed E-state index contributed by atoms with van der Waals surface area (Å²) in [5.41, 5.74) is 7.92. The number of nitrogen functional groups attached to an aromatic ring is 1. The summed E-state index contributed by atoms with van der Waals surface area (Å²) >= 11 is 0. The molecule has 0 fully saturated rings. The fraction of sp³-hybridized carbons (Fsp3) is 0.176. The topological polar surface area (TPSA) is 105 Å². The molecule has 0 atom stereocenters. The zero-order valence-corrected chi connectivity index (χ0v) is 12.9. The average Bonchev–Trinajstić information content (AvgIpc) is 2.56. The quantitative estimate of drug-likeness (QED) is 0.740. The summed E-state index contributed by atoms with van der Waals surface area (Å²) < 4.78 is 5.56. The number of nitrogens with one attached hydrogen (secondary N) is 1. The second kappa shape index (κ2) is 6.49. The van der Waals surface area contributed by atoms with E-state index in [1.807, 2.05) is 4.90 Å². The van der Waals surface area contributed by atoms with Crippen LogP contribution in [0.3, 0.4) is 0 Å². The molecule has 4 N–H and O–H groups in total. The fourth-order valence-electron chi connectivity index (χ4n) is 2.52. The van der Waals surface area contributed by atoms with Crippen LogP contribution in [-0.2, 0) is 4.79 Å². The van der Waals surface area contributed by atoms with Crippen LogP contribution >= 0.6 is 0 Å². The SMILES string of the molecule is Nc1ccc2c(c1)N(CC(=O)Nc1ccc(C(=O)O)cc1)CCO2. The van der Waals surface area contributed by atoms with Gasteiger partial charge in [-0.2, -0.15) is 0 Å².